The summed E-state index contributed by atoms with van der Waals surface area (Å²) < 4.78 is 6.29. The molecule has 11 rings (SSSR count). The minimum atomic E-state index is -0.0670. The Hall–Kier alpha value is -5.80. The van der Waals surface area contributed by atoms with Crippen molar-refractivity contribution in [1.82, 2.24) is 9.97 Å². The summed E-state index contributed by atoms with van der Waals surface area (Å²) in [6.07, 6.45) is 6.45. The number of fused-ring (bicyclic) bond motifs is 11. The Morgan fingerprint density at radius 3 is 2.02 bits per heavy atom. The Bertz CT molecular complexity index is 2730. The fourth-order valence-electron chi connectivity index (χ4n) is 9.94. The molecule has 0 N–H and O–H groups in total. The van der Waals surface area contributed by atoms with Gasteiger partial charge >= 0.3 is 0 Å². The monoisotopic (exact) mass is 670 g/mol. The second kappa shape index (κ2) is 10.9. The minimum absolute atomic E-state index is 0.0670. The highest BCUT2D eigenvalue weighted by Crippen LogP contribution is 2.60. The summed E-state index contributed by atoms with van der Waals surface area (Å²) in [4.78, 5) is 10.1. The molecule has 1 fully saturated rings. The summed E-state index contributed by atoms with van der Waals surface area (Å²) in [6.45, 7) is 4.80. The molecular weight excluding hydrogens is 633 g/mol. The second-order valence-electron chi connectivity index (χ2n) is 15.6. The van der Waals surface area contributed by atoms with Crippen molar-refractivity contribution >= 4 is 22.1 Å². The van der Waals surface area contributed by atoms with Gasteiger partial charge in [0, 0.05) is 27.3 Å². The molecule has 3 heteroatoms. The minimum Gasteiger partial charge on any atom is -0.438 e. The van der Waals surface area contributed by atoms with E-state index < -0.39 is 0 Å². The van der Waals surface area contributed by atoms with Crippen LogP contribution in [0.2, 0.25) is 0 Å². The molecule has 1 spiro atoms. The van der Waals surface area contributed by atoms with Gasteiger partial charge in [0.1, 0.15) is 5.58 Å². The number of aromatic nitrogens is 2. The molecule has 8 aromatic rings. The van der Waals surface area contributed by atoms with Crippen molar-refractivity contribution in [3.63, 3.8) is 0 Å². The van der Waals surface area contributed by atoms with Crippen LogP contribution < -0.4 is 0 Å². The lowest BCUT2D eigenvalue weighted by Gasteiger charge is -2.36. The highest BCUT2D eigenvalue weighted by Gasteiger charge is 2.46. The third-order valence-electron chi connectivity index (χ3n) is 12.5. The molecule has 52 heavy (non-hydrogen) atoms. The van der Waals surface area contributed by atoms with Gasteiger partial charge in [0.25, 0.3) is 0 Å². The van der Waals surface area contributed by atoms with Crippen LogP contribution in [0.5, 0.6) is 0 Å². The molecule has 0 amide bonds. The summed E-state index contributed by atoms with van der Waals surface area (Å²) in [5.74, 6) is 0.660. The number of benzene rings is 6. The van der Waals surface area contributed by atoms with E-state index in [1.165, 1.54) is 76.6 Å². The largest absolute Gasteiger partial charge is 0.438 e. The second-order valence-corrected chi connectivity index (χ2v) is 15.6. The van der Waals surface area contributed by atoms with E-state index in [1.54, 1.807) is 11.1 Å². The highest BCUT2D eigenvalue weighted by atomic mass is 16.3. The van der Waals surface area contributed by atoms with E-state index in [-0.39, 0.29) is 10.8 Å². The third-order valence-corrected chi connectivity index (χ3v) is 12.5. The van der Waals surface area contributed by atoms with Crippen LogP contribution in [0.1, 0.15) is 68.2 Å². The van der Waals surface area contributed by atoms with Gasteiger partial charge in [-0.2, -0.15) is 4.98 Å². The van der Waals surface area contributed by atoms with Gasteiger partial charge < -0.3 is 4.42 Å². The van der Waals surface area contributed by atoms with E-state index >= 15 is 0 Å². The van der Waals surface area contributed by atoms with E-state index in [2.05, 4.69) is 123 Å². The molecule has 0 radical (unpaired) electrons. The molecule has 3 aliphatic rings. The lowest BCUT2D eigenvalue weighted by molar-refractivity contribution is 0.353. The zero-order valence-electron chi connectivity index (χ0n) is 29.5. The number of furan rings is 1. The van der Waals surface area contributed by atoms with E-state index in [1.807, 2.05) is 24.3 Å². The normalized spacial score (nSPS) is 16.2. The van der Waals surface area contributed by atoms with Crippen molar-refractivity contribution in [3.8, 4) is 56.0 Å². The lowest BCUT2D eigenvalue weighted by atomic mass is 9.67. The topological polar surface area (TPSA) is 38.9 Å². The van der Waals surface area contributed by atoms with Crippen LogP contribution in [0.4, 0.5) is 0 Å². The average molecular weight is 671 g/mol. The van der Waals surface area contributed by atoms with Crippen LogP contribution in [0.3, 0.4) is 0 Å². The average Bonchev–Trinajstić information content (AvgIpc) is 3.78. The third kappa shape index (κ3) is 4.14. The first-order valence-electron chi connectivity index (χ1n) is 18.8. The standard InChI is InChI=1S/C49H38N2O/c1-48(2)39-24-23-33(27-36(39)38-29-42-37(28-41(38)48)34-15-7-9-17-40(34)49(42)25-11-4-12-26-49)30-19-21-32(22-20-30)46-50-45(31-13-5-3-6-14-31)44-35-16-8-10-18-43(35)52-47(44)51-46/h3,5-10,13-24,27-29H,4,11-12,25-26H2,1-2H3. The van der Waals surface area contributed by atoms with E-state index in [0.717, 1.165) is 33.2 Å². The molecule has 0 unspecified atom stereocenters. The predicted octanol–water partition coefficient (Wildman–Crippen LogP) is 12.9. The van der Waals surface area contributed by atoms with Crippen molar-refractivity contribution in [1.29, 1.82) is 0 Å². The molecule has 250 valence electrons. The van der Waals surface area contributed by atoms with Crippen molar-refractivity contribution in [2.75, 3.05) is 0 Å². The number of hydrogen-bond acceptors (Lipinski definition) is 3. The van der Waals surface area contributed by atoms with Gasteiger partial charge in [-0.3, -0.25) is 0 Å². The van der Waals surface area contributed by atoms with E-state index in [0.29, 0.717) is 11.5 Å². The fraction of sp³-hybridized carbons (Fsp3) is 0.184. The van der Waals surface area contributed by atoms with Crippen LogP contribution in [-0.4, -0.2) is 9.97 Å². The molecule has 0 bridgehead atoms. The fourth-order valence-corrected chi connectivity index (χ4v) is 9.94. The van der Waals surface area contributed by atoms with Crippen LogP contribution >= 0.6 is 0 Å². The maximum absolute atomic E-state index is 6.29. The molecule has 3 nitrogen and oxygen atoms in total. The smallest absolute Gasteiger partial charge is 0.231 e. The molecular formula is C49H38N2O. The summed E-state index contributed by atoms with van der Waals surface area (Å²) in [7, 11) is 0. The van der Waals surface area contributed by atoms with Gasteiger partial charge in [-0.25, -0.2) is 4.98 Å². The van der Waals surface area contributed by atoms with Crippen LogP contribution in [0, 0.1) is 0 Å². The number of rotatable bonds is 3. The SMILES string of the molecule is CC1(C)c2ccc(-c3ccc(-c4nc(-c5ccccc5)c5c(n4)oc4ccccc45)cc3)cc2-c2cc3c(cc21)-c1ccccc1C31CCCCC1. The number of nitrogens with zero attached hydrogens (tertiary/aromatic N) is 2. The van der Waals surface area contributed by atoms with Gasteiger partial charge in [0.15, 0.2) is 5.82 Å². The first-order valence-corrected chi connectivity index (χ1v) is 18.8. The molecule has 0 atom stereocenters. The van der Waals surface area contributed by atoms with Crippen molar-refractivity contribution in [2.45, 2.75) is 56.8 Å². The zero-order valence-corrected chi connectivity index (χ0v) is 29.5. The molecule has 2 aromatic heterocycles. The van der Waals surface area contributed by atoms with E-state index in [4.69, 9.17) is 14.4 Å². The maximum atomic E-state index is 6.29. The Morgan fingerprint density at radius 1 is 0.500 bits per heavy atom. The van der Waals surface area contributed by atoms with Crippen LogP contribution in [-0.2, 0) is 10.8 Å². The van der Waals surface area contributed by atoms with Crippen molar-refractivity contribution < 1.29 is 4.42 Å². The van der Waals surface area contributed by atoms with Crippen molar-refractivity contribution in [2.24, 2.45) is 0 Å². The lowest BCUT2D eigenvalue weighted by Crippen LogP contribution is -2.28. The maximum Gasteiger partial charge on any atom is 0.231 e. The van der Waals surface area contributed by atoms with Crippen molar-refractivity contribution in [3.05, 3.63) is 156 Å². The first-order chi connectivity index (χ1) is 25.5. The Labute approximate surface area is 304 Å². The summed E-state index contributed by atoms with van der Waals surface area (Å²) in [5, 5.41) is 1.98. The highest BCUT2D eigenvalue weighted by molar-refractivity contribution is 6.10. The van der Waals surface area contributed by atoms with Gasteiger partial charge in [-0.1, -0.05) is 142 Å². The van der Waals surface area contributed by atoms with Gasteiger partial charge in [-0.15, -0.1) is 0 Å². The van der Waals surface area contributed by atoms with Gasteiger partial charge in [-0.05, 0) is 92.7 Å². The van der Waals surface area contributed by atoms with Crippen LogP contribution in [0.25, 0.3) is 78.1 Å². The zero-order chi connectivity index (χ0) is 34.6. The first kappa shape index (κ1) is 29.9. The van der Waals surface area contributed by atoms with Crippen LogP contribution in [0.15, 0.2) is 138 Å². The molecule has 0 aliphatic heterocycles. The summed E-state index contributed by atoms with van der Waals surface area (Å²) in [5.41, 5.74) is 18.5. The number of hydrogen-bond donors (Lipinski definition) is 0. The van der Waals surface area contributed by atoms with E-state index in [9.17, 15) is 0 Å². The Balaban J connectivity index is 1.00. The quantitative estimate of drug-likeness (QED) is 0.188. The molecule has 2 heterocycles. The Morgan fingerprint density at radius 2 is 1.17 bits per heavy atom. The molecule has 1 saturated carbocycles. The predicted molar refractivity (Wildman–Crippen MR) is 212 cm³/mol. The summed E-state index contributed by atoms with van der Waals surface area (Å²) >= 11 is 0. The molecule has 6 aromatic carbocycles. The summed E-state index contributed by atoms with van der Waals surface area (Å²) in [6, 6.07) is 48.7. The Kier molecular flexibility index (Phi) is 6.24. The van der Waals surface area contributed by atoms with Gasteiger partial charge in [0.05, 0.1) is 11.1 Å². The van der Waals surface area contributed by atoms with Gasteiger partial charge in [0.2, 0.25) is 5.71 Å². The molecule has 3 aliphatic carbocycles. The molecule has 0 saturated heterocycles. The number of para-hydroxylation sites is 1.